The molecule has 2 heterocycles. The van der Waals surface area contributed by atoms with Gasteiger partial charge in [-0.05, 0) is 100 Å². The van der Waals surface area contributed by atoms with Crippen LogP contribution in [0.5, 0.6) is 17.2 Å². The largest absolute Gasteiger partial charge is 0.489 e. The summed E-state index contributed by atoms with van der Waals surface area (Å²) in [4.78, 5) is 28.1. The molecule has 5 aromatic carbocycles. The fraction of sp³-hybridized carbons (Fsp3) is 0.233. The van der Waals surface area contributed by atoms with Gasteiger partial charge in [-0.3, -0.25) is 9.69 Å². The molecule has 9 nitrogen and oxygen atoms in total. The Morgan fingerprint density at radius 3 is 2.26 bits per heavy atom. The number of nitrogens with one attached hydrogen (secondary N) is 1. The van der Waals surface area contributed by atoms with E-state index in [-0.39, 0.29) is 18.4 Å². The molecular weight excluding hydrogens is 725 g/mol. The normalized spacial score (nSPS) is 16.8. The first-order valence-electron chi connectivity index (χ1n) is 17.7. The van der Waals surface area contributed by atoms with E-state index in [4.69, 9.17) is 42.7 Å². The van der Waals surface area contributed by atoms with Crippen molar-refractivity contribution < 1.29 is 28.9 Å². The van der Waals surface area contributed by atoms with Gasteiger partial charge >= 0.3 is 5.97 Å². The van der Waals surface area contributed by atoms with Gasteiger partial charge in [0.1, 0.15) is 25.0 Å². The number of amides is 1. The third kappa shape index (κ3) is 8.32. The Morgan fingerprint density at radius 1 is 0.907 bits per heavy atom. The zero-order chi connectivity index (χ0) is 37.8. The van der Waals surface area contributed by atoms with Crippen molar-refractivity contribution in [3.63, 3.8) is 0 Å². The number of nitrogens with zero attached hydrogens (tertiary/aromatic N) is 2. The zero-order valence-corrected chi connectivity index (χ0v) is 30.9. The van der Waals surface area contributed by atoms with Crippen molar-refractivity contribution in [1.29, 1.82) is 5.26 Å². The minimum atomic E-state index is -1.10. The van der Waals surface area contributed by atoms with E-state index in [1.807, 2.05) is 90.7 Å². The van der Waals surface area contributed by atoms with Crippen LogP contribution in [0.15, 0.2) is 103 Å². The van der Waals surface area contributed by atoms with Crippen LogP contribution in [0.3, 0.4) is 0 Å². The van der Waals surface area contributed by atoms with Gasteiger partial charge in [0.15, 0.2) is 17.6 Å². The second kappa shape index (κ2) is 16.2. The lowest BCUT2D eigenvalue weighted by Gasteiger charge is -2.37. The van der Waals surface area contributed by atoms with E-state index in [1.54, 1.807) is 24.3 Å². The first-order valence-corrected chi connectivity index (χ1v) is 18.4. The third-order valence-electron chi connectivity index (χ3n) is 9.86. The molecule has 11 heteroatoms. The number of aliphatic carboxylic acids is 1. The molecule has 0 fully saturated rings. The van der Waals surface area contributed by atoms with Crippen molar-refractivity contribution in [3.8, 4) is 34.4 Å². The van der Waals surface area contributed by atoms with E-state index < -0.39 is 18.1 Å². The van der Waals surface area contributed by atoms with Crippen LogP contribution in [0.25, 0.3) is 11.1 Å². The minimum Gasteiger partial charge on any atom is -0.489 e. The number of carbonyl (C=O) groups excluding carboxylic acids is 1. The summed E-state index contributed by atoms with van der Waals surface area (Å²) in [7, 11) is 0. The van der Waals surface area contributed by atoms with E-state index in [0.717, 1.165) is 38.9 Å². The Kier molecular flexibility index (Phi) is 11.1. The summed E-state index contributed by atoms with van der Waals surface area (Å²) < 4.78 is 18.6. The van der Waals surface area contributed by atoms with E-state index in [9.17, 15) is 14.7 Å². The highest BCUT2D eigenvalue weighted by Crippen LogP contribution is 2.41. The molecule has 7 rings (SSSR count). The molecule has 0 saturated heterocycles. The van der Waals surface area contributed by atoms with Gasteiger partial charge in [-0.1, -0.05) is 84.7 Å². The topological polar surface area (TPSA) is 121 Å². The van der Waals surface area contributed by atoms with Crippen LogP contribution in [-0.2, 0) is 35.6 Å². The molecule has 2 N–H and O–H groups in total. The van der Waals surface area contributed by atoms with Crippen LogP contribution in [0.2, 0.25) is 10.0 Å². The molecule has 5 aromatic rings. The fourth-order valence-electron chi connectivity index (χ4n) is 6.81. The van der Waals surface area contributed by atoms with Gasteiger partial charge in [-0.25, -0.2) is 4.79 Å². The molecule has 0 spiro atoms. The van der Waals surface area contributed by atoms with Crippen LogP contribution < -0.4 is 19.5 Å². The molecule has 0 bridgehead atoms. The number of fused-ring (bicyclic) bond motifs is 2. The van der Waals surface area contributed by atoms with Crippen LogP contribution >= 0.6 is 23.2 Å². The fourth-order valence-corrected chi connectivity index (χ4v) is 7.13. The quantitative estimate of drug-likeness (QED) is 0.138. The molecule has 0 aromatic heterocycles. The number of halogens is 2. The summed E-state index contributed by atoms with van der Waals surface area (Å²) in [6.45, 7) is 3.76. The summed E-state index contributed by atoms with van der Waals surface area (Å²) in [5, 5.41) is 22.9. The van der Waals surface area contributed by atoms with Gasteiger partial charge in [0.2, 0.25) is 5.91 Å². The number of nitriles is 1. The minimum absolute atomic E-state index is 0.137. The van der Waals surface area contributed by atoms with Crippen molar-refractivity contribution in [2.75, 3.05) is 13.2 Å². The molecule has 1 amide bonds. The van der Waals surface area contributed by atoms with Gasteiger partial charge in [0.25, 0.3) is 0 Å². The lowest BCUT2D eigenvalue weighted by Crippen LogP contribution is -2.54. The van der Waals surface area contributed by atoms with Crippen LogP contribution in [-0.4, -0.2) is 47.1 Å². The highest BCUT2D eigenvalue weighted by atomic mass is 35.5. The number of carbonyl (C=O) groups is 2. The Bertz CT molecular complexity index is 2200. The molecule has 0 saturated carbocycles. The van der Waals surface area contributed by atoms with Crippen LogP contribution in [0.4, 0.5) is 0 Å². The molecule has 274 valence electrons. The lowest BCUT2D eigenvalue weighted by atomic mass is 9.92. The van der Waals surface area contributed by atoms with Crippen LogP contribution in [0, 0.1) is 11.3 Å². The predicted octanol–water partition coefficient (Wildman–Crippen LogP) is 8.18. The lowest BCUT2D eigenvalue weighted by molar-refractivity contribution is -0.142. The maximum Gasteiger partial charge on any atom is 0.326 e. The van der Waals surface area contributed by atoms with E-state index >= 15 is 0 Å². The maximum absolute atomic E-state index is 13.7. The highest BCUT2D eigenvalue weighted by Gasteiger charge is 2.35. The third-order valence-corrected chi connectivity index (χ3v) is 10.6. The second-order valence-electron chi connectivity index (χ2n) is 13.4. The number of carboxylic acids is 1. The Morgan fingerprint density at radius 2 is 1.59 bits per heavy atom. The summed E-state index contributed by atoms with van der Waals surface area (Å²) in [5.74, 6) is 0.532. The Labute approximate surface area is 323 Å². The summed E-state index contributed by atoms with van der Waals surface area (Å²) in [6.07, 6.45) is 0.229. The average Bonchev–Trinajstić information content (AvgIpc) is 3.20. The number of hydrogen-bond donors (Lipinski definition) is 2. The number of hydrogen-bond acceptors (Lipinski definition) is 7. The molecule has 1 unspecified atom stereocenters. The SMILES string of the molecule is CCN1Cc2cc3c(cc2C[C@H]1C(=O)N[C@@H](Cc1ccc(-c2ccc(C#N)cc2)cc1)C(=O)O)OCC(c1ccc(OCc2ccc(Cl)c(Cl)c2)cc1)O3. The first kappa shape index (κ1) is 36.8. The van der Waals surface area contributed by atoms with Gasteiger partial charge in [0, 0.05) is 13.0 Å². The smallest absolute Gasteiger partial charge is 0.326 e. The van der Waals surface area contributed by atoms with Crippen molar-refractivity contribution in [3.05, 3.63) is 147 Å². The number of carboxylic acid groups (broad SMARTS) is 1. The average molecular weight is 763 g/mol. The molecular formula is C43H37Cl2N3O6. The van der Waals surface area contributed by atoms with Gasteiger partial charge in [0.05, 0.1) is 27.7 Å². The number of likely N-dealkylation sites (N-methyl/N-ethyl adjacent to an activating group) is 1. The van der Waals surface area contributed by atoms with E-state index in [1.165, 1.54) is 0 Å². The Balaban J connectivity index is 0.977. The highest BCUT2D eigenvalue weighted by molar-refractivity contribution is 6.42. The van der Waals surface area contributed by atoms with Gasteiger partial charge in [-0.2, -0.15) is 5.26 Å². The maximum atomic E-state index is 13.7. The molecule has 2 aliphatic heterocycles. The van der Waals surface area contributed by atoms with Crippen molar-refractivity contribution in [2.24, 2.45) is 0 Å². The standard InChI is InChI=1S/C43H37Cl2N3O6/c1-2-48-23-33-21-40-39(53-25-41(54-40)31-12-14-34(15-13-31)52-24-28-7-16-35(44)36(45)17-28)20-32(33)19-38(48)42(49)47-37(43(50)51)18-26-3-8-29(9-4-26)30-10-5-27(22-46)6-11-30/h3-17,20-21,37-38,41H,2,18-19,23-25H2,1H3,(H,47,49)(H,50,51)/t37-,38-,41?/m0/s1. The molecule has 0 radical (unpaired) electrons. The van der Waals surface area contributed by atoms with Crippen molar-refractivity contribution in [2.45, 2.75) is 51.1 Å². The zero-order valence-electron chi connectivity index (χ0n) is 29.4. The predicted molar refractivity (Wildman–Crippen MR) is 206 cm³/mol. The molecule has 0 aliphatic carbocycles. The number of ether oxygens (including phenoxy) is 3. The molecule has 2 aliphatic rings. The summed E-state index contributed by atoms with van der Waals surface area (Å²) in [5.41, 5.74) is 7.13. The summed E-state index contributed by atoms with van der Waals surface area (Å²) in [6, 6.07) is 32.3. The monoisotopic (exact) mass is 761 g/mol. The van der Waals surface area contributed by atoms with Crippen molar-refractivity contribution >= 4 is 35.1 Å². The van der Waals surface area contributed by atoms with Gasteiger partial charge in [-0.15, -0.1) is 0 Å². The number of rotatable bonds is 11. The molecule has 3 atom stereocenters. The molecule has 54 heavy (non-hydrogen) atoms. The second-order valence-corrected chi connectivity index (χ2v) is 14.2. The summed E-state index contributed by atoms with van der Waals surface area (Å²) >= 11 is 12.1. The van der Waals surface area contributed by atoms with E-state index in [2.05, 4.69) is 11.4 Å². The van der Waals surface area contributed by atoms with Crippen molar-refractivity contribution in [1.82, 2.24) is 10.2 Å². The number of benzene rings is 5. The van der Waals surface area contributed by atoms with Gasteiger partial charge < -0.3 is 24.6 Å². The van der Waals surface area contributed by atoms with E-state index in [0.29, 0.717) is 65.6 Å². The Hall–Kier alpha value is -5.53. The van der Waals surface area contributed by atoms with Crippen LogP contribution in [0.1, 0.15) is 46.4 Å². The first-order chi connectivity index (χ1) is 26.2.